The maximum absolute atomic E-state index is 12.7. The highest BCUT2D eigenvalue weighted by Crippen LogP contribution is 2.24. The number of hydrogen-bond acceptors (Lipinski definition) is 2. The first-order valence-electron chi connectivity index (χ1n) is 9.09. The summed E-state index contributed by atoms with van der Waals surface area (Å²) in [5.41, 5.74) is 6.23. The first kappa shape index (κ1) is 17.1. The molecular weight excluding hydrogens is 336 g/mol. The molecule has 2 aromatic heterocycles. The van der Waals surface area contributed by atoms with E-state index in [0.717, 1.165) is 17.8 Å². The molecule has 0 aliphatic carbocycles. The van der Waals surface area contributed by atoms with Crippen LogP contribution in [0.25, 0.3) is 16.6 Å². The Kier molecular flexibility index (Phi) is 4.50. The highest BCUT2D eigenvalue weighted by Gasteiger charge is 2.14. The van der Waals surface area contributed by atoms with Gasteiger partial charge in [0, 0.05) is 23.1 Å². The quantitative estimate of drug-likeness (QED) is 0.567. The predicted molar refractivity (Wildman–Crippen MR) is 107 cm³/mol. The zero-order valence-corrected chi connectivity index (χ0v) is 15.5. The Morgan fingerprint density at radius 1 is 1.07 bits per heavy atom. The molecule has 2 heterocycles. The number of benzene rings is 2. The van der Waals surface area contributed by atoms with Crippen LogP contribution >= 0.6 is 0 Å². The van der Waals surface area contributed by atoms with Crippen molar-refractivity contribution in [2.45, 2.75) is 20.3 Å². The molecule has 0 bridgehead atoms. The van der Waals surface area contributed by atoms with Gasteiger partial charge in [-0.2, -0.15) is 5.10 Å². The number of aryl methyl sites for hydroxylation is 2. The van der Waals surface area contributed by atoms with Crippen molar-refractivity contribution < 1.29 is 4.79 Å². The second-order valence-electron chi connectivity index (χ2n) is 6.70. The summed E-state index contributed by atoms with van der Waals surface area (Å²) in [7, 11) is 0. The van der Waals surface area contributed by atoms with Gasteiger partial charge in [0.15, 0.2) is 0 Å². The Morgan fingerprint density at radius 2 is 1.89 bits per heavy atom. The normalized spacial score (nSPS) is 11.0. The monoisotopic (exact) mass is 358 g/mol. The van der Waals surface area contributed by atoms with Gasteiger partial charge in [-0.3, -0.25) is 4.79 Å². The van der Waals surface area contributed by atoms with Crippen molar-refractivity contribution in [2.75, 3.05) is 6.54 Å². The molecular formula is C22H22N4O. The van der Waals surface area contributed by atoms with Gasteiger partial charge in [-0.15, -0.1) is 0 Å². The number of nitrogens with zero attached hydrogens (tertiary/aromatic N) is 2. The molecule has 0 saturated carbocycles. The maximum Gasteiger partial charge on any atom is 0.270 e. The third kappa shape index (κ3) is 3.24. The number of amides is 1. The van der Waals surface area contributed by atoms with Gasteiger partial charge in [0.05, 0.1) is 11.9 Å². The van der Waals surface area contributed by atoms with Crippen molar-refractivity contribution in [3.8, 4) is 5.69 Å². The average Bonchev–Trinajstić information content (AvgIpc) is 3.29. The predicted octanol–water partition coefficient (Wildman–Crippen LogP) is 3.94. The van der Waals surface area contributed by atoms with Gasteiger partial charge in [-0.1, -0.05) is 36.4 Å². The molecule has 0 aliphatic rings. The summed E-state index contributed by atoms with van der Waals surface area (Å²) < 4.78 is 1.66. The lowest BCUT2D eigenvalue weighted by Gasteiger charge is -2.09. The SMILES string of the molecule is Cc1[nH]c2c(C)cccc2c1CCNC(=O)c1ccnn1-c1ccccc1. The number of aromatic amines is 1. The summed E-state index contributed by atoms with van der Waals surface area (Å²) in [6.45, 7) is 4.76. The van der Waals surface area contributed by atoms with E-state index >= 15 is 0 Å². The summed E-state index contributed by atoms with van der Waals surface area (Å²) in [5.74, 6) is -0.120. The number of carbonyl (C=O) groups excluding carboxylic acids is 1. The van der Waals surface area contributed by atoms with E-state index < -0.39 is 0 Å². The van der Waals surface area contributed by atoms with Crippen LogP contribution in [-0.4, -0.2) is 27.2 Å². The summed E-state index contributed by atoms with van der Waals surface area (Å²) >= 11 is 0. The Bertz CT molecular complexity index is 1090. The van der Waals surface area contributed by atoms with Crippen LogP contribution in [0, 0.1) is 13.8 Å². The second kappa shape index (κ2) is 7.11. The van der Waals surface area contributed by atoms with Crippen LogP contribution in [0.5, 0.6) is 0 Å². The van der Waals surface area contributed by atoms with Crippen LogP contribution in [0.2, 0.25) is 0 Å². The van der Waals surface area contributed by atoms with Crippen molar-refractivity contribution in [3.05, 3.63) is 83.3 Å². The van der Waals surface area contributed by atoms with E-state index in [-0.39, 0.29) is 5.91 Å². The minimum absolute atomic E-state index is 0.120. The topological polar surface area (TPSA) is 62.7 Å². The van der Waals surface area contributed by atoms with Crippen LogP contribution in [0.3, 0.4) is 0 Å². The van der Waals surface area contributed by atoms with E-state index in [1.165, 1.54) is 22.0 Å². The molecule has 27 heavy (non-hydrogen) atoms. The zero-order chi connectivity index (χ0) is 18.8. The third-order valence-electron chi connectivity index (χ3n) is 4.90. The molecule has 5 heteroatoms. The fraction of sp³-hybridized carbons (Fsp3) is 0.182. The van der Waals surface area contributed by atoms with Crippen LogP contribution in [0.1, 0.15) is 27.3 Å². The van der Waals surface area contributed by atoms with Crippen LogP contribution in [0.4, 0.5) is 0 Å². The molecule has 2 N–H and O–H groups in total. The number of fused-ring (bicyclic) bond motifs is 1. The summed E-state index contributed by atoms with van der Waals surface area (Å²) in [4.78, 5) is 16.1. The highest BCUT2D eigenvalue weighted by atomic mass is 16.2. The standard InChI is InChI=1S/C22H22N4O/c1-15-7-6-10-19-18(16(2)25-21(15)19)11-13-23-22(27)20-12-14-24-26(20)17-8-4-3-5-9-17/h3-10,12,14,25H,11,13H2,1-2H3,(H,23,27). The lowest BCUT2D eigenvalue weighted by Crippen LogP contribution is -2.28. The van der Waals surface area contributed by atoms with Gasteiger partial charge in [0.25, 0.3) is 5.91 Å². The van der Waals surface area contributed by atoms with Crippen molar-refractivity contribution in [1.82, 2.24) is 20.1 Å². The van der Waals surface area contributed by atoms with Gasteiger partial charge in [-0.25, -0.2) is 4.68 Å². The lowest BCUT2D eigenvalue weighted by molar-refractivity contribution is 0.0946. The van der Waals surface area contributed by atoms with Crippen molar-refractivity contribution >= 4 is 16.8 Å². The molecule has 0 atom stereocenters. The molecule has 4 rings (SSSR count). The molecule has 0 fully saturated rings. The van der Waals surface area contributed by atoms with E-state index in [1.54, 1.807) is 16.9 Å². The number of hydrogen-bond donors (Lipinski definition) is 2. The number of nitrogens with one attached hydrogen (secondary N) is 2. The second-order valence-corrected chi connectivity index (χ2v) is 6.70. The van der Waals surface area contributed by atoms with Crippen molar-refractivity contribution in [3.63, 3.8) is 0 Å². The molecule has 5 nitrogen and oxygen atoms in total. The smallest absolute Gasteiger partial charge is 0.270 e. The highest BCUT2D eigenvalue weighted by molar-refractivity contribution is 5.93. The Balaban J connectivity index is 1.48. The van der Waals surface area contributed by atoms with Gasteiger partial charge >= 0.3 is 0 Å². The molecule has 0 spiro atoms. The Hall–Kier alpha value is -3.34. The molecule has 2 aromatic carbocycles. The van der Waals surface area contributed by atoms with Gasteiger partial charge in [0.1, 0.15) is 5.69 Å². The fourth-order valence-corrected chi connectivity index (χ4v) is 3.51. The molecule has 0 aliphatic heterocycles. The number of rotatable bonds is 5. The largest absolute Gasteiger partial charge is 0.358 e. The molecule has 0 saturated heterocycles. The average molecular weight is 358 g/mol. The molecule has 4 aromatic rings. The van der Waals surface area contributed by atoms with Gasteiger partial charge in [-0.05, 0) is 49.6 Å². The molecule has 0 unspecified atom stereocenters. The summed E-state index contributed by atoms with van der Waals surface area (Å²) in [5, 5.41) is 8.54. The van der Waals surface area contributed by atoms with E-state index in [2.05, 4.69) is 47.4 Å². The van der Waals surface area contributed by atoms with Gasteiger partial charge in [0.2, 0.25) is 0 Å². The third-order valence-corrected chi connectivity index (χ3v) is 4.90. The van der Waals surface area contributed by atoms with E-state index in [0.29, 0.717) is 12.2 Å². The molecule has 1 amide bonds. The number of para-hydroxylation sites is 2. The van der Waals surface area contributed by atoms with E-state index in [9.17, 15) is 4.79 Å². The van der Waals surface area contributed by atoms with Crippen LogP contribution in [-0.2, 0) is 6.42 Å². The molecule has 136 valence electrons. The van der Waals surface area contributed by atoms with E-state index in [4.69, 9.17) is 0 Å². The maximum atomic E-state index is 12.7. The number of carbonyl (C=O) groups is 1. The number of H-pyrrole nitrogens is 1. The first-order chi connectivity index (χ1) is 13.1. The van der Waals surface area contributed by atoms with Crippen LogP contribution in [0.15, 0.2) is 60.8 Å². The fourth-order valence-electron chi connectivity index (χ4n) is 3.51. The molecule has 0 radical (unpaired) electrons. The van der Waals surface area contributed by atoms with E-state index in [1.807, 2.05) is 30.3 Å². The van der Waals surface area contributed by atoms with Gasteiger partial charge < -0.3 is 10.3 Å². The summed E-state index contributed by atoms with van der Waals surface area (Å²) in [6.07, 6.45) is 2.43. The zero-order valence-electron chi connectivity index (χ0n) is 15.5. The number of aromatic nitrogens is 3. The lowest BCUT2D eigenvalue weighted by atomic mass is 10.1. The minimum Gasteiger partial charge on any atom is -0.358 e. The van der Waals surface area contributed by atoms with Crippen molar-refractivity contribution in [2.24, 2.45) is 0 Å². The first-order valence-corrected chi connectivity index (χ1v) is 9.09. The van der Waals surface area contributed by atoms with Crippen LogP contribution < -0.4 is 5.32 Å². The Labute approximate surface area is 158 Å². The van der Waals surface area contributed by atoms with Crippen molar-refractivity contribution in [1.29, 1.82) is 0 Å². The minimum atomic E-state index is -0.120. The Morgan fingerprint density at radius 3 is 2.70 bits per heavy atom. The summed E-state index contributed by atoms with van der Waals surface area (Å²) in [6, 6.07) is 17.7.